The normalized spacial score (nSPS) is 25.2. The molecular weight excluding hydrogens is 300 g/mol. The van der Waals surface area contributed by atoms with E-state index >= 15 is 0 Å². The molecule has 19 heavy (non-hydrogen) atoms. The standard InChI is InChI=1S/C16H25BrN2/c1-2-12-7-9-13(10-8-12)16(19-18)11-14-5-3-4-6-15(14)17/h3-6,12-13,16,19H,2,7-11,18H2,1H3. The number of benzene rings is 1. The Morgan fingerprint density at radius 3 is 2.53 bits per heavy atom. The van der Waals surface area contributed by atoms with Gasteiger partial charge in [0, 0.05) is 10.5 Å². The van der Waals surface area contributed by atoms with E-state index in [1.807, 2.05) is 0 Å². The summed E-state index contributed by atoms with van der Waals surface area (Å²) in [5.41, 5.74) is 4.41. The van der Waals surface area contributed by atoms with Gasteiger partial charge in [0.2, 0.25) is 0 Å². The Morgan fingerprint density at radius 1 is 1.26 bits per heavy atom. The third-order valence-electron chi connectivity index (χ3n) is 4.65. The molecular formula is C16H25BrN2. The zero-order valence-electron chi connectivity index (χ0n) is 11.7. The summed E-state index contributed by atoms with van der Waals surface area (Å²) >= 11 is 3.63. The van der Waals surface area contributed by atoms with Crippen LogP contribution in [-0.2, 0) is 6.42 Å². The molecule has 0 aliphatic heterocycles. The van der Waals surface area contributed by atoms with Crippen LogP contribution in [0, 0.1) is 11.8 Å². The van der Waals surface area contributed by atoms with Gasteiger partial charge in [-0.25, -0.2) is 0 Å². The van der Waals surface area contributed by atoms with Crippen molar-refractivity contribution in [3.8, 4) is 0 Å². The molecule has 1 atom stereocenters. The zero-order valence-corrected chi connectivity index (χ0v) is 13.3. The fraction of sp³-hybridized carbons (Fsp3) is 0.625. The fourth-order valence-electron chi connectivity index (χ4n) is 3.26. The summed E-state index contributed by atoms with van der Waals surface area (Å²) in [4.78, 5) is 0. The Bertz CT molecular complexity index is 386. The van der Waals surface area contributed by atoms with E-state index in [4.69, 9.17) is 5.84 Å². The van der Waals surface area contributed by atoms with Crippen LogP contribution in [0.5, 0.6) is 0 Å². The Morgan fingerprint density at radius 2 is 1.95 bits per heavy atom. The van der Waals surface area contributed by atoms with Crippen LogP contribution in [0.3, 0.4) is 0 Å². The lowest BCUT2D eigenvalue weighted by Gasteiger charge is -2.33. The van der Waals surface area contributed by atoms with Crippen molar-refractivity contribution in [2.24, 2.45) is 17.7 Å². The molecule has 1 aromatic carbocycles. The van der Waals surface area contributed by atoms with Crippen molar-refractivity contribution < 1.29 is 0 Å². The summed E-state index contributed by atoms with van der Waals surface area (Å²) < 4.78 is 1.19. The smallest absolute Gasteiger partial charge is 0.0279 e. The minimum absolute atomic E-state index is 0.400. The van der Waals surface area contributed by atoms with Crippen LogP contribution in [-0.4, -0.2) is 6.04 Å². The molecule has 0 saturated heterocycles. The monoisotopic (exact) mass is 324 g/mol. The van der Waals surface area contributed by atoms with Gasteiger partial charge in [-0.05, 0) is 42.7 Å². The van der Waals surface area contributed by atoms with E-state index in [-0.39, 0.29) is 0 Å². The van der Waals surface area contributed by atoms with Gasteiger partial charge < -0.3 is 0 Å². The first-order chi connectivity index (χ1) is 9.24. The average Bonchev–Trinajstić information content (AvgIpc) is 2.47. The van der Waals surface area contributed by atoms with Crippen LogP contribution in [0.25, 0.3) is 0 Å². The Kier molecular flexibility index (Phi) is 5.86. The molecule has 2 nitrogen and oxygen atoms in total. The maximum absolute atomic E-state index is 5.80. The fourth-order valence-corrected chi connectivity index (χ4v) is 3.71. The SMILES string of the molecule is CCC1CCC(C(Cc2ccccc2Br)NN)CC1. The zero-order chi connectivity index (χ0) is 13.7. The molecule has 0 amide bonds. The molecule has 2 rings (SSSR count). The van der Waals surface area contributed by atoms with E-state index in [0.717, 1.165) is 18.3 Å². The third kappa shape index (κ3) is 4.04. The van der Waals surface area contributed by atoms with E-state index in [2.05, 4.69) is 52.5 Å². The quantitative estimate of drug-likeness (QED) is 0.633. The number of hydrogen-bond donors (Lipinski definition) is 2. The molecule has 1 saturated carbocycles. The van der Waals surface area contributed by atoms with E-state index in [9.17, 15) is 0 Å². The molecule has 1 aliphatic carbocycles. The first-order valence-electron chi connectivity index (χ1n) is 7.44. The molecule has 106 valence electrons. The molecule has 3 N–H and O–H groups in total. The van der Waals surface area contributed by atoms with E-state index in [1.165, 1.54) is 42.1 Å². The van der Waals surface area contributed by atoms with Crippen LogP contribution in [0.1, 0.15) is 44.6 Å². The van der Waals surface area contributed by atoms with Crippen molar-refractivity contribution >= 4 is 15.9 Å². The highest BCUT2D eigenvalue weighted by Gasteiger charge is 2.26. The Labute approximate surface area is 125 Å². The van der Waals surface area contributed by atoms with Crippen LogP contribution in [0.2, 0.25) is 0 Å². The topological polar surface area (TPSA) is 38.0 Å². The molecule has 1 aliphatic rings. The Balaban J connectivity index is 1.95. The molecule has 0 spiro atoms. The molecule has 1 unspecified atom stereocenters. The predicted octanol–water partition coefficient (Wildman–Crippen LogP) is 4.04. The molecule has 1 aromatic rings. The van der Waals surface area contributed by atoms with Crippen molar-refractivity contribution in [2.75, 3.05) is 0 Å². The first kappa shape index (κ1) is 15.0. The van der Waals surface area contributed by atoms with Crippen LogP contribution >= 0.6 is 15.9 Å². The van der Waals surface area contributed by atoms with Crippen molar-refractivity contribution in [1.29, 1.82) is 0 Å². The van der Waals surface area contributed by atoms with Gasteiger partial charge in [-0.3, -0.25) is 11.3 Å². The van der Waals surface area contributed by atoms with Crippen LogP contribution in [0.15, 0.2) is 28.7 Å². The Hall–Kier alpha value is -0.380. The van der Waals surface area contributed by atoms with Gasteiger partial charge >= 0.3 is 0 Å². The molecule has 0 heterocycles. The van der Waals surface area contributed by atoms with Crippen molar-refractivity contribution in [2.45, 2.75) is 51.5 Å². The van der Waals surface area contributed by atoms with Crippen molar-refractivity contribution in [1.82, 2.24) is 5.43 Å². The lowest BCUT2D eigenvalue weighted by Crippen LogP contribution is -2.43. The summed E-state index contributed by atoms with van der Waals surface area (Å²) in [5.74, 6) is 7.47. The van der Waals surface area contributed by atoms with Gasteiger partial charge in [-0.15, -0.1) is 0 Å². The second-order valence-corrected chi connectivity index (χ2v) is 6.61. The average molecular weight is 325 g/mol. The summed E-state index contributed by atoms with van der Waals surface area (Å²) in [7, 11) is 0. The van der Waals surface area contributed by atoms with E-state index in [0.29, 0.717) is 6.04 Å². The van der Waals surface area contributed by atoms with Gasteiger partial charge in [0.15, 0.2) is 0 Å². The highest BCUT2D eigenvalue weighted by molar-refractivity contribution is 9.10. The molecule has 3 heteroatoms. The first-order valence-corrected chi connectivity index (χ1v) is 8.23. The summed E-state index contributed by atoms with van der Waals surface area (Å²) in [6.45, 7) is 2.31. The lowest BCUT2D eigenvalue weighted by atomic mass is 9.76. The minimum atomic E-state index is 0.400. The van der Waals surface area contributed by atoms with Gasteiger partial charge in [0.05, 0.1) is 0 Å². The highest BCUT2D eigenvalue weighted by Crippen LogP contribution is 2.33. The maximum atomic E-state index is 5.80. The molecule has 1 fully saturated rings. The third-order valence-corrected chi connectivity index (χ3v) is 5.42. The number of rotatable bonds is 5. The van der Waals surface area contributed by atoms with Gasteiger partial charge in [0.25, 0.3) is 0 Å². The second kappa shape index (κ2) is 7.41. The minimum Gasteiger partial charge on any atom is -0.271 e. The van der Waals surface area contributed by atoms with Crippen LogP contribution < -0.4 is 11.3 Å². The molecule has 0 bridgehead atoms. The molecule has 0 radical (unpaired) electrons. The number of hydrogen-bond acceptors (Lipinski definition) is 2. The lowest BCUT2D eigenvalue weighted by molar-refractivity contribution is 0.217. The van der Waals surface area contributed by atoms with Gasteiger partial charge in [0.1, 0.15) is 0 Å². The van der Waals surface area contributed by atoms with Crippen molar-refractivity contribution in [3.05, 3.63) is 34.3 Å². The van der Waals surface area contributed by atoms with Gasteiger partial charge in [-0.2, -0.15) is 0 Å². The summed E-state index contributed by atoms with van der Waals surface area (Å²) in [5, 5.41) is 0. The summed E-state index contributed by atoms with van der Waals surface area (Å²) in [6.07, 6.45) is 7.72. The second-order valence-electron chi connectivity index (χ2n) is 5.76. The largest absolute Gasteiger partial charge is 0.271 e. The number of halogens is 1. The van der Waals surface area contributed by atoms with Gasteiger partial charge in [-0.1, -0.05) is 60.3 Å². The highest BCUT2D eigenvalue weighted by atomic mass is 79.9. The number of nitrogens with two attached hydrogens (primary N) is 1. The molecule has 0 aromatic heterocycles. The predicted molar refractivity (Wildman–Crippen MR) is 84.7 cm³/mol. The number of nitrogens with one attached hydrogen (secondary N) is 1. The van der Waals surface area contributed by atoms with Crippen LogP contribution in [0.4, 0.5) is 0 Å². The van der Waals surface area contributed by atoms with Crippen molar-refractivity contribution in [3.63, 3.8) is 0 Å². The van der Waals surface area contributed by atoms with E-state index in [1.54, 1.807) is 0 Å². The maximum Gasteiger partial charge on any atom is 0.0279 e. The number of hydrazine groups is 1. The van der Waals surface area contributed by atoms with E-state index < -0.39 is 0 Å². The summed E-state index contributed by atoms with van der Waals surface area (Å²) in [6, 6.07) is 8.85.